The zero-order valence-corrected chi connectivity index (χ0v) is 15.6. The smallest absolute Gasteiger partial charge is 0.178 e. The van der Waals surface area contributed by atoms with E-state index in [1.165, 1.54) is 6.42 Å². The van der Waals surface area contributed by atoms with Crippen LogP contribution in [0.1, 0.15) is 51.4 Å². The molecule has 1 aromatic carbocycles. The van der Waals surface area contributed by atoms with Crippen LogP contribution in [0.2, 0.25) is 0 Å². The van der Waals surface area contributed by atoms with Crippen molar-refractivity contribution in [3.63, 3.8) is 0 Å². The van der Waals surface area contributed by atoms with Gasteiger partial charge in [0.15, 0.2) is 11.5 Å². The largest absolute Gasteiger partial charge is 0.490 e. The van der Waals surface area contributed by atoms with Crippen LogP contribution in [-0.2, 0) is 12.0 Å². The Labute approximate surface area is 153 Å². The Hall–Kier alpha value is -2.63. The van der Waals surface area contributed by atoms with Gasteiger partial charge in [0.05, 0.1) is 6.10 Å². The quantitative estimate of drug-likeness (QED) is 0.753. The molecule has 1 aliphatic carbocycles. The Balaban J connectivity index is 1.53. The number of nitrogens with one attached hydrogen (secondary N) is 1. The highest BCUT2D eigenvalue weighted by molar-refractivity contribution is 5.45. The maximum atomic E-state index is 6.11. The van der Waals surface area contributed by atoms with Gasteiger partial charge in [-0.05, 0) is 37.5 Å². The van der Waals surface area contributed by atoms with Gasteiger partial charge in [0.2, 0.25) is 0 Å². The van der Waals surface area contributed by atoms with Crippen LogP contribution >= 0.6 is 0 Å². The van der Waals surface area contributed by atoms with Crippen LogP contribution < -0.4 is 10.1 Å². The second kappa shape index (κ2) is 6.59. The minimum atomic E-state index is -0.117. The van der Waals surface area contributed by atoms with Crippen molar-refractivity contribution in [1.82, 2.24) is 19.8 Å². The van der Waals surface area contributed by atoms with Gasteiger partial charge in [0, 0.05) is 17.5 Å². The van der Waals surface area contributed by atoms with Crippen LogP contribution in [0.15, 0.2) is 36.4 Å². The van der Waals surface area contributed by atoms with E-state index in [1.807, 2.05) is 34.8 Å². The van der Waals surface area contributed by atoms with E-state index in [4.69, 9.17) is 4.74 Å². The maximum absolute atomic E-state index is 6.11. The summed E-state index contributed by atoms with van der Waals surface area (Å²) in [4.78, 5) is 0. The number of hydrogen-bond acceptors (Lipinski definition) is 5. The van der Waals surface area contributed by atoms with E-state index in [2.05, 4.69) is 47.5 Å². The molecule has 0 aliphatic heterocycles. The molecule has 1 saturated carbocycles. The maximum Gasteiger partial charge on any atom is 0.178 e. The third kappa shape index (κ3) is 3.36. The van der Waals surface area contributed by atoms with E-state index in [1.54, 1.807) is 0 Å². The fraction of sp³-hybridized carbons (Fsp3) is 0.450. The van der Waals surface area contributed by atoms with Gasteiger partial charge < -0.3 is 10.1 Å². The Morgan fingerprint density at radius 1 is 1.12 bits per heavy atom. The Bertz CT molecular complexity index is 908. The van der Waals surface area contributed by atoms with Crippen molar-refractivity contribution in [2.75, 3.05) is 5.32 Å². The van der Waals surface area contributed by atoms with E-state index < -0.39 is 0 Å². The third-order valence-electron chi connectivity index (χ3n) is 4.71. The second-order valence-corrected chi connectivity index (χ2v) is 7.89. The molecule has 0 saturated heterocycles. The van der Waals surface area contributed by atoms with Gasteiger partial charge in [-0.2, -0.15) is 4.52 Å². The number of fused-ring (bicyclic) bond motifs is 1. The monoisotopic (exact) mass is 351 g/mol. The molecule has 136 valence electrons. The van der Waals surface area contributed by atoms with Crippen molar-refractivity contribution in [3.8, 4) is 5.75 Å². The highest BCUT2D eigenvalue weighted by Gasteiger charge is 2.22. The van der Waals surface area contributed by atoms with Gasteiger partial charge in [-0.3, -0.25) is 0 Å². The van der Waals surface area contributed by atoms with Crippen LogP contribution in [0, 0.1) is 0 Å². The fourth-order valence-electron chi connectivity index (χ4n) is 2.97. The average molecular weight is 351 g/mol. The molecule has 6 nitrogen and oxygen atoms in total. The van der Waals surface area contributed by atoms with Gasteiger partial charge in [-0.1, -0.05) is 39.0 Å². The molecular weight excluding hydrogens is 326 g/mol. The number of aromatic nitrogens is 4. The third-order valence-corrected chi connectivity index (χ3v) is 4.71. The first-order chi connectivity index (χ1) is 12.5. The lowest BCUT2D eigenvalue weighted by atomic mass is 9.96. The molecule has 0 amide bonds. The Morgan fingerprint density at radius 2 is 1.92 bits per heavy atom. The van der Waals surface area contributed by atoms with Crippen LogP contribution in [0.25, 0.3) is 5.65 Å². The summed E-state index contributed by atoms with van der Waals surface area (Å²) >= 11 is 0. The van der Waals surface area contributed by atoms with Crippen molar-refractivity contribution in [1.29, 1.82) is 0 Å². The predicted octanol–water partition coefficient (Wildman–Crippen LogP) is 3.97. The highest BCUT2D eigenvalue weighted by Crippen LogP contribution is 2.28. The summed E-state index contributed by atoms with van der Waals surface area (Å²) < 4.78 is 7.92. The van der Waals surface area contributed by atoms with Gasteiger partial charge in [0.1, 0.15) is 11.6 Å². The molecule has 0 atom stereocenters. The number of hydrogen-bond donors (Lipinski definition) is 1. The van der Waals surface area contributed by atoms with E-state index in [9.17, 15) is 0 Å². The molecule has 2 heterocycles. The van der Waals surface area contributed by atoms with E-state index in [0.29, 0.717) is 12.6 Å². The van der Waals surface area contributed by atoms with Gasteiger partial charge >= 0.3 is 0 Å². The topological polar surface area (TPSA) is 64.3 Å². The lowest BCUT2D eigenvalue weighted by Gasteiger charge is -2.27. The fourth-order valence-corrected chi connectivity index (χ4v) is 2.97. The van der Waals surface area contributed by atoms with Gasteiger partial charge in [-0.15, -0.1) is 15.3 Å². The summed E-state index contributed by atoms with van der Waals surface area (Å²) in [6.07, 6.45) is 3.95. The molecule has 0 radical (unpaired) electrons. The van der Waals surface area contributed by atoms with Crippen LogP contribution in [0.3, 0.4) is 0 Å². The molecule has 0 bridgehead atoms. The molecule has 3 aromatic rings. The summed E-state index contributed by atoms with van der Waals surface area (Å²) in [5.74, 6) is 2.61. The average Bonchev–Trinajstić information content (AvgIpc) is 3.00. The summed E-state index contributed by atoms with van der Waals surface area (Å²) in [6, 6.07) is 12.1. The van der Waals surface area contributed by atoms with Crippen molar-refractivity contribution in [3.05, 3.63) is 47.8 Å². The van der Waals surface area contributed by atoms with Crippen molar-refractivity contribution in [2.24, 2.45) is 0 Å². The number of ether oxygens (including phenoxy) is 1. The zero-order valence-electron chi connectivity index (χ0n) is 15.6. The lowest BCUT2D eigenvalue weighted by Crippen LogP contribution is -2.25. The summed E-state index contributed by atoms with van der Waals surface area (Å²) in [7, 11) is 0. The van der Waals surface area contributed by atoms with Gasteiger partial charge in [-0.25, -0.2) is 0 Å². The second-order valence-electron chi connectivity index (χ2n) is 7.89. The molecule has 4 rings (SSSR count). The molecular formula is C20H25N5O. The SMILES string of the molecule is CC(C)(C)c1nnc2ccc(NCc3ccccc3OC3CCC3)nn12. The van der Waals surface area contributed by atoms with Crippen molar-refractivity contribution < 1.29 is 4.74 Å². The summed E-state index contributed by atoms with van der Waals surface area (Å²) in [5.41, 5.74) is 1.78. The lowest BCUT2D eigenvalue weighted by molar-refractivity contribution is 0.119. The first-order valence-electron chi connectivity index (χ1n) is 9.22. The number of anilines is 1. The summed E-state index contributed by atoms with van der Waals surface area (Å²) in [5, 5.41) is 16.6. The van der Waals surface area contributed by atoms with Crippen LogP contribution in [0.5, 0.6) is 5.75 Å². The molecule has 26 heavy (non-hydrogen) atoms. The molecule has 1 N–H and O–H groups in total. The van der Waals surface area contributed by atoms with E-state index in [0.717, 1.165) is 41.4 Å². The normalized spacial score (nSPS) is 15.0. The van der Waals surface area contributed by atoms with Gasteiger partial charge in [0.25, 0.3) is 0 Å². The molecule has 0 spiro atoms. The number of rotatable bonds is 5. The molecule has 0 unspecified atom stereocenters. The number of nitrogens with zero attached hydrogens (tertiary/aromatic N) is 4. The van der Waals surface area contributed by atoms with Crippen LogP contribution in [0.4, 0.5) is 5.82 Å². The first kappa shape index (κ1) is 16.8. The highest BCUT2D eigenvalue weighted by atomic mass is 16.5. The van der Waals surface area contributed by atoms with Crippen molar-refractivity contribution in [2.45, 2.75) is 58.1 Å². The predicted molar refractivity (Wildman–Crippen MR) is 102 cm³/mol. The van der Waals surface area contributed by atoms with E-state index in [-0.39, 0.29) is 5.41 Å². The first-order valence-corrected chi connectivity index (χ1v) is 9.22. The molecule has 1 aliphatic rings. The number of para-hydroxylation sites is 1. The molecule has 6 heteroatoms. The Kier molecular flexibility index (Phi) is 4.26. The van der Waals surface area contributed by atoms with E-state index >= 15 is 0 Å². The summed E-state index contributed by atoms with van der Waals surface area (Å²) in [6.45, 7) is 6.99. The molecule has 2 aromatic heterocycles. The Morgan fingerprint density at radius 3 is 2.65 bits per heavy atom. The minimum absolute atomic E-state index is 0.117. The standard InChI is InChI=1S/C20H25N5O/c1-20(2,3)19-23-22-18-12-11-17(24-25(18)19)21-13-14-7-4-5-10-16(14)26-15-8-6-9-15/h4-5,7,10-12,15H,6,8-9,13H2,1-3H3,(H,21,24). The zero-order chi connectivity index (χ0) is 18.1. The minimum Gasteiger partial charge on any atom is -0.490 e. The number of benzene rings is 1. The molecule has 1 fully saturated rings. The van der Waals surface area contributed by atoms with Crippen LogP contribution in [-0.4, -0.2) is 25.9 Å². The van der Waals surface area contributed by atoms with Crippen molar-refractivity contribution >= 4 is 11.5 Å².